The van der Waals surface area contributed by atoms with Crippen molar-refractivity contribution in [3.63, 3.8) is 0 Å². The minimum Gasteiger partial charge on any atom is -0.507 e. The standard InChI is InChI=1S/C26H31N3O5S/c1-28(35(32,33)17-29-14-13-27-16-29)20-8-6-7-19(15-20)23(18-11-12-18)24-25(30)21-9-4-2-3-5-10-22(21)34-26(24)31/h6-8,13-16,18,23,30H,2-5,9-12,17H2,1H3. The number of rotatable bonds is 7. The molecule has 35 heavy (non-hydrogen) atoms. The normalized spacial score (nSPS) is 17.3. The van der Waals surface area contributed by atoms with Gasteiger partial charge in [0.1, 0.15) is 17.4 Å². The van der Waals surface area contributed by atoms with Crippen LogP contribution in [0.25, 0.3) is 0 Å². The van der Waals surface area contributed by atoms with Gasteiger partial charge in [-0.15, -0.1) is 0 Å². The number of aromatic nitrogens is 2. The van der Waals surface area contributed by atoms with E-state index in [4.69, 9.17) is 4.42 Å². The summed E-state index contributed by atoms with van der Waals surface area (Å²) in [6, 6.07) is 7.25. The molecule has 0 spiro atoms. The van der Waals surface area contributed by atoms with Crippen LogP contribution in [0.4, 0.5) is 5.69 Å². The fraction of sp³-hybridized carbons (Fsp3) is 0.462. The molecular formula is C26H31N3O5S. The Labute approximate surface area is 205 Å². The van der Waals surface area contributed by atoms with E-state index < -0.39 is 15.6 Å². The van der Waals surface area contributed by atoms with Crippen molar-refractivity contribution in [3.05, 3.63) is 75.9 Å². The van der Waals surface area contributed by atoms with Gasteiger partial charge in [0.2, 0.25) is 0 Å². The van der Waals surface area contributed by atoms with Crippen molar-refractivity contribution in [1.29, 1.82) is 0 Å². The first kappa shape index (κ1) is 23.7. The molecule has 8 nitrogen and oxygen atoms in total. The smallest absolute Gasteiger partial charge is 0.343 e. The lowest BCUT2D eigenvalue weighted by atomic mass is 9.85. The average Bonchev–Trinajstić information content (AvgIpc) is 3.53. The molecule has 1 aromatic carbocycles. The molecule has 2 heterocycles. The predicted octanol–water partition coefficient (Wildman–Crippen LogP) is 4.17. The number of sulfonamides is 1. The molecular weight excluding hydrogens is 466 g/mol. The van der Waals surface area contributed by atoms with Crippen molar-refractivity contribution in [2.24, 2.45) is 5.92 Å². The summed E-state index contributed by atoms with van der Waals surface area (Å²) < 4.78 is 34.5. The lowest BCUT2D eigenvalue weighted by Crippen LogP contribution is -2.29. The fourth-order valence-electron chi connectivity index (χ4n) is 5.11. The topological polar surface area (TPSA) is 106 Å². The Kier molecular flexibility index (Phi) is 6.44. The van der Waals surface area contributed by atoms with Crippen LogP contribution >= 0.6 is 0 Å². The Morgan fingerprint density at radius 1 is 1.20 bits per heavy atom. The molecule has 186 valence electrons. The molecule has 0 amide bonds. The summed E-state index contributed by atoms with van der Waals surface area (Å²) in [7, 11) is -2.13. The first-order chi connectivity index (χ1) is 16.8. The molecule has 1 atom stereocenters. The minimum atomic E-state index is -3.66. The highest BCUT2D eigenvalue weighted by Crippen LogP contribution is 2.49. The van der Waals surface area contributed by atoms with Crippen molar-refractivity contribution >= 4 is 15.7 Å². The molecule has 2 aliphatic carbocycles. The molecule has 1 saturated carbocycles. The molecule has 0 radical (unpaired) electrons. The third-order valence-corrected chi connectivity index (χ3v) is 8.85. The van der Waals surface area contributed by atoms with Gasteiger partial charge in [0.05, 0.1) is 17.6 Å². The molecule has 0 bridgehead atoms. The summed E-state index contributed by atoms with van der Waals surface area (Å²) in [6.45, 7) is 0. The number of fused-ring (bicyclic) bond motifs is 1. The van der Waals surface area contributed by atoms with Crippen LogP contribution < -0.4 is 9.93 Å². The van der Waals surface area contributed by atoms with Crippen LogP contribution in [-0.4, -0.2) is 30.1 Å². The molecule has 2 aromatic heterocycles. The summed E-state index contributed by atoms with van der Waals surface area (Å²) in [5, 5.41) is 11.3. The van der Waals surface area contributed by atoms with Gasteiger partial charge in [-0.3, -0.25) is 4.31 Å². The van der Waals surface area contributed by atoms with Crippen LogP contribution in [0.3, 0.4) is 0 Å². The number of benzene rings is 1. The van der Waals surface area contributed by atoms with E-state index in [1.165, 1.54) is 28.4 Å². The Bertz CT molecular complexity index is 1360. The molecule has 1 N–H and O–H groups in total. The zero-order valence-corrected chi connectivity index (χ0v) is 20.7. The van der Waals surface area contributed by atoms with Crippen LogP contribution in [0.15, 0.2) is 52.2 Å². The SMILES string of the molecule is CN(c1cccc(C(c2c(O)c3c(oc2=O)CCCCCC3)C2CC2)c1)S(=O)(=O)Cn1ccnc1. The number of imidazole rings is 1. The van der Waals surface area contributed by atoms with Gasteiger partial charge in [0.15, 0.2) is 0 Å². The van der Waals surface area contributed by atoms with Gasteiger partial charge in [-0.1, -0.05) is 25.0 Å². The molecule has 3 aromatic rings. The Balaban J connectivity index is 1.52. The summed E-state index contributed by atoms with van der Waals surface area (Å²) >= 11 is 0. The average molecular weight is 498 g/mol. The van der Waals surface area contributed by atoms with E-state index in [0.717, 1.165) is 49.7 Å². The van der Waals surface area contributed by atoms with E-state index in [1.54, 1.807) is 18.3 Å². The predicted molar refractivity (Wildman–Crippen MR) is 133 cm³/mol. The number of aromatic hydroxyl groups is 1. The second kappa shape index (κ2) is 9.53. The van der Waals surface area contributed by atoms with Crippen LogP contribution in [0.2, 0.25) is 0 Å². The summed E-state index contributed by atoms with van der Waals surface area (Å²) in [4.78, 5) is 17.1. The van der Waals surface area contributed by atoms with Gasteiger partial charge >= 0.3 is 5.63 Å². The van der Waals surface area contributed by atoms with Crippen molar-refractivity contribution in [2.45, 2.75) is 63.2 Å². The molecule has 2 aliphatic rings. The van der Waals surface area contributed by atoms with Gasteiger partial charge in [0, 0.05) is 37.3 Å². The maximum absolute atomic E-state index is 13.2. The zero-order valence-electron chi connectivity index (χ0n) is 19.9. The number of hydrogen-bond acceptors (Lipinski definition) is 6. The Morgan fingerprint density at radius 3 is 2.69 bits per heavy atom. The van der Waals surface area contributed by atoms with Gasteiger partial charge in [0.25, 0.3) is 10.0 Å². The van der Waals surface area contributed by atoms with Crippen LogP contribution in [0.1, 0.15) is 66.9 Å². The van der Waals surface area contributed by atoms with Gasteiger partial charge in [-0.05, 0) is 55.7 Å². The molecule has 9 heteroatoms. The lowest BCUT2D eigenvalue weighted by Gasteiger charge is -2.24. The van der Waals surface area contributed by atoms with Crippen LogP contribution in [0, 0.1) is 5.92 Å². The second-order valence-electron chi connectivity index (χ2n) is 9.66. The fourth-order valence-corrected chi connectivity index (χ4v) is 6.25. The second-order valence-corrected chi connectivity index (χ2v) is 11.6. The highest BCUT2D eigenvalue weighted by molar-refractivity contribution is 7.91. The maximum Gasteiger partial charge on any atom is 0.343 e. The first-order valence-corrected chi connectivity index (χ1v) is 13.9. The van der Waals surface area contributed by atoms with E-state index in [9.17, 15) is 18.3 Å². The van der Waals surface area contributed by atoms with Gasteiger partial charge in [-0.25, -0.2) is 18.2 Å². The van der Waals surface area contributed by atoms with E-state index >= 15 is 0 Å². The zero-order chi connectivity index (χ0) is 24.6. The lowest BCUT2D eigenvalue weighted by molar-refractivity contribution is 0.382. The summed E-state index contributed by atoms with van der Waals surface area (Å²) in [5.74, 6) is 0.325. The highest BCUT2D eigenvalue weighted by Gasteiger charge is 2.38. The van der Waals surface area contributed by atoms with Gasteiger partial charge < -0.3 is 14.1 Å². The van der Waals surface area contributed by atoms with E-state index in [-0.39, 0.29) is 23.5 Å². The van der Waals surface area contributed by atoms with Crippen molar-refractivity contribution < 1.29 is 17.9 Å². The molecule has 5 rings (SSSR count). The maximum atomic E-state index is 13.2. The van der Waals surface area contributed by atoms with E-state index in [1.807, 2.05) is 12.1 Å². The molecule has 1 fully saturated rings. The van der Waals surface area contributed by atoms with Gasteiger partial charge in [-0.2, -0.15) is 0 Å². The first-order valence-electron chi connectivity index (χ1n) is 12.2. The Hall–Kier alpha value is -3.07. The highest BCUT2D eigenvalue weighted by atomic mass is 32.2. The summed E-state index contributed by atoms with van der Waals surface area (Å²) in [5.41, 5.74) is 1.91. The Morgan fingerprint density at radius 2 is 1.97 bits per heavy atom. The van der Waals surface area contributed by atoms with Crippen LogP contribution in [0.5, 0.6) is 5.75 Å². The molecule has 0 saturated heterocycles. The number of hydrogen-bond donors (Lipinski definition) is 1. The van der Waals surface area contributed by atoms with Crippen LogP contribution in [-0.2, 0) is 28.7 Å². The molecule has 1 unspecified atom stereocenters. The minimum absolute atomic E-state index is 0.0709. The van der Waals surface area contributed by atoms with Crippen molar-refractivity contribution in [1.82, 2.24) is 9.55 Å². The quantitative estimate of drug-likeness (QED) is 0.525. The van der Waals surface area contributed by atoms with E-state index in [2.05, 4.69) is 4.98 Å². The van der Waals surface area contributed by atoms with Crippen molar-refractivity contribution in [3.8, 4) is 5.75 Å². The number of aryl methyl sites for hydroxylation is 1. The van der Waals surface area contributed by atoms with E-state index in [0.29, 0.717) is 29.9 Å². The van der Waals surface area contributed by atoms with Crippen molar-refractivity contribution in [2.75, 3.05) is 11.4 Å². The third kappa shape index (κ3) is 4.87. The third-order valence-electron chi connectivity index (χ3n) is 7.18. The summed E-state index contributed by atoms with van der Waals surface area (Å²) in [6.07, 6.45) is 12.0. The number of nitrogens with zero attached hydrogens (tertiary/aromatic N) is 3. The monoisotopic (exact) mass is 497 g/mol. The molecule has 0 aliphatic heterocycles. The largest absolute Gasteiger partial charge is 0.507 e. The number of anilines is 1.